The van der Waals surface area contributed by atoms with Crippen LogP contribution in [-0.4, -0.2) is 24.0 Å². The fourth-order valence-electron chi connectivity index (χ4n) is 1.88. The molecular weight excluding hydrogens is 274 g/mol. The lowest BCUT2D eigenvalue weighted by Gasteiger charge is -2.09. The van der Waals surface area contributed by atoms with Crippen molar-refractivity contribution >= 4 is 15.7 Å². The molecular formula is C14H19N3O2S. The highest BCUT2D eigenvalue weighted by Crippen LogP contribution is 2.14. The number of benzene rings is 1. The Kier molecular flexibility index (Phi) is 4.79. The lowest BCUT2D eigenvalue weighted by atomic mass is 10.2. The van der Waals surface area contributed by atoms with E-state index in [9.17, 15) is 8.42 Å². The molecule has 0 bridgehead atoms. The number of unbranched alkanes of at least 4 members (excludes halogenated alkanes) is 1. The predicted molar refractivity (Wildman–Crippen MR) is 80.1 cm³/mol. The highest BCUT2D eigenvalue weighted by atomic mass is 32.2. The molecule has 0 spiro atoms. The maximum Gasteiger partial charge on any atom is 0.232 e. The topological polar surface area (TPSA) is 64.0 Å². The molecule has 20 heavy (non-hydrogen) atoms. The van der Waals surface area contributed by atoms with Crippen molar-refractivity contribution in [3.63, 3.8) is 0 Å². The zero-order chi connectivity index (χ0) is 14.4. The molecule has 0 aliphatic heterocycles. The van der Waals surface area contributed by atoms with Crippen LogP contribution in [0.15, 0.2) is 42.7 Å². The third kappa shape index (κ3) is 4.38. The van der Waals surface area contributed by atoms with Gasteiger partial charge in [-0.15, -0.1) is 0 Å². The van der Waals surface area contributed by atoms with Gasteiger partial charge in [-0.05, 0) is 30.2 Å². The molecule has 0 unspecified atom stereocenters. The molecule has 0 radical (unpaired) electrons. The van der Waals surface area contributed by atoms with E-state index in [0.717, 1.165) is 12.0 Å². The normalized spacial score (nSPS) is 11.4. The van der Waals surface area contributed by atoms with E-state index >= 15 is 0 Å². The van der Waals surface area contributed by atoms with Gasteiger partial charge in [-0.2, -0.15) is 5.10 Å². The third-order valence-electron chi connectivity index (χ3n) is 2.87. The number of hydrogen-bond acceptors (Lipinski definition) is 3. The fraction of sp³-hybridized carbons (Fsp3) is 0.357. The van der Waals surface area contributed by atoms with Crippen LogP contribution in [0.3, 0.4) is 0 Å². The second-order valence-corrected chi connectivity index (χ2v) is 6.52. The summed E-state index contributed by atoms with van der Waals surface area (Å²) in [6.45, 7) is 2.59. The van der Waals surface area contributed by atoms with Crippen molar-refractivity contribution < 1.29 is 8.42 Å². The molecule has 0 atom stereocenters. The maximum absolute atomic E-state index is 11.9. The maximum atomic E-state index is 11.9. The Bertz CT molecular complexity index is 636. The van der Waals surface area contributed by atoms with Gasteiger partial charge in [0.2, 0.25) is 10.0 Å². The van der Waals surface area contributed by atoms with E-state index in [1.165, 1.54) is 0 Å². The van der Waals surface area contributed by atoms with Crippen LogP contribution in [0.25, 0.3) is 0 Å². The molecule has 1 N–H and O–H groups in total. The van der Waals surface area contributed by atoms with Gasteiger partial charge in [0.1, 0.15) is 0 Å². The van der Waals surface area contributed by atoms with Crippen LogP contribution < -0.4 is 4.72 Å². The summed E-state index contributed by atoms with van der Waals surface area (Å²) in [6, 6.07) is 9.25. The van der Waals surface area contributed by atoms with Gasteiger partial charge < -0.3 is 0 Å². The second-order valence-electron chi connectivity index (χ2n) is 4.68. The average molecular weight is 293 g/mol. The van der Waals surface area contributed by atoms with Crippen molar-refractivity contribution in [3.8, 4) is 0 Å². The van der Waals surface area contributed by atoms with Gasteiger partial charge in [0, 0.05) is 18.1 Å². The summed E-state index contributed by atoms with van der Waals surface area (Å²) in [4.78, 5) is 0. The Hall–Kier alpha value is -1.82. The first-order chi connectivity index (χ1) is 9.59. The number of hydrogen-bond donors (Lipinski definition) is 1. The number of nitrogens with zero attached hydrogens (tertiary/aromatic N) is 2. The number of nitrogens with one attached hydrogen (secondary N) is 1. The lowest BCUT2D eigenvalue weighted by molar-refractivity contribution is 0.598. The van der Waals surface area contributed by atoms with Crippen LogP contribution >= 0.6 is 0 Å². The first kappa shape index (κ1) is 14.6. The van der Waals surface area contributed by atoms with Crippen molar-refractivity contribution in [2.75, 3.05) is 10.5 Å². The molecule has 5 nitrogen and oxygen atoms in total. The van der Waals surface area contributed by atoms with Crippen molar-refractivity contribution in [2.24, 2.45) is 0 Å². The molecule has 1 aromatic heterocycles. The van der Waals surface area contributed by atoms with Gasteiger partial charge in [-0.25, -0.2) is 8.42 Å². The smallest absolute Gasteiger partial charge is 0.232 e. The van der Waals surface area contributed by atoms with Crippen molar-refractivity contribution in [2.45, 2.75) is 26.3 Å². The molecule has 2 rings (SSSR count). The van der Waals surface area contributed by atoms with Gasteiger partial charge in [-0.3, -0.25) is 9.40 Å². The highest BCUT2D eigenvalue weighted by molar-refractivity contribution is 7.92. The van der Waals surface area contributed by atoms with E-state index in [2.05, 4.69) is 9.82 Å². The van der Waals surface area contributed by atoms with Crippen LogP contribution in [-0.2, 0) is 16.6 Å². The summed E-state index contributed by atoms with van der Waals surface area (Å²) >= 11 is 0. The zero-order valence-corrected chi connectivity index (χ0v) is 12.3. The summed E-state index contributed by atoms with van der Waals surface area (Å²) in [5, 5.41) is 4.13. The number of aromatic nitrogens is 2. The van der Waals surface area contributed by atoms with Crippen LogP contribution in [0.2, 0.25) is 0 Å². The molecule has 0 fully saturated rings. The summed E-state index contributed by atoms with van der Waals surface area (Å²) in [6.07, 6.45) is 5.12. The average Bonchev–Trinajstić information content (AvgIpc) is 2.89. The van der Waals surface area contributed by atoms with Gasteiger partial charge >= 0.3 is 0 Å². The standard InChI is InChI=1S/C14H19N3O2S/c1-2-3-10-20(18,19)16-14-7-4-6-13(11-14)12-17-9-5-8-15-17/h4-9,11,16H,2-3,10,12H2,1H3. The molecule has 1 aromatic carbocycles. The number of rotatable bonds is 7. The number of sulfonamides is 1. The minimum atomic E-state index is -3.25. The predicted octanol–water partition coefficient (Wildman–Crippen LogP) is 2.47. The quantitative estimate of drug-likeness (QED) is 0.853. The molecule has 108 valence electrons. The Morgan fingerprint density at radius 1 is 1.30 bits per heavy atom. The monoisotopic (exact) mass is 293 g/mol. The minimum absolute atomic E-state index is 0.160. The second kappa shape index (κ2) is 6.56. The van der Waals surface area contributed by atoms with E-state index in [0.29, 0.717) is 18.7 Å². The van der Waals surface area contributed by atoms with E-state index in [1.807, 2.05) is 37.4 Å². The molecule has 0 saturated carbocycles. The van der Waals surface area contributed by atoms with Crippen molar-refractivity contribution in [1.29, 1.82) is 0 Å². The third-order valence-corrected chi connectivity index (χ3v) is 4.24. The fourth-order valence-corrected chi connectivity index (χ4v) is 3.14. The molecule has 0 saturated heterocycles. The summed E-state index contributed by atoms with van der Waals surface area (Å²) in [5.74, 6) is 0.160. The minimum Gasteiger partial charge on any atom is -0.284 e. The van der Waals surface area contributed by atoms with Crippen LogP contribution in [0.4, 0.5) is 5.69 Å². The molecule has 0 amide bonds. The first-order valence-corrected chi connectivity index (χ1v) is 8.31. The van der Waals surface area contributed by atoms with Gasteiger partial charge in [0.25, 0.3) is 0 Å². The van der Waals surface area contributed by atoms with Crippen LogP contribution in [0.5, 0.6) is 0 Å². The van der Waals surface area contributed by atoms with Crippen LogP contribution in [0.1, 0.15) is 25.3 Å². The SMILES string of the molecule is CCCCS(=O)(=O)Nc1cccc(Cn2cccn2)c1. The summed E-state index contributed by atoms with van der Waals surface area (Å²) in [5.41, 5.74) is 1.61. The van der Waals surface area contributed by atoms with E-state index in [1.54, 1.807) is 16.9 Å². The Morgan fingerprint density at radius 2 is 2.15 bits per heavy atom. The molecule has 6 heteroatoms. The molecule has 2 aromatic rings. The largest absolute Gasteiger partial charge is 0.284 e. The van der Waals surface area contributed by atoms with Gasteiger partial charge in [-0.1, -0.05) is 25.5 Å². The van der Waals surface area contributed by atoms with Gasteiger partial charge in [0.05, 0.1) is 12.3 Å². The van der Waals surface area contributed by atoms with E-state index in [-0.39, 0.29) is 5.75 Å². The van der Waals surface area contributed by atoms with Crippen molar-refractivity contribution in [3.05, 3.63) is 48.3 Å². The Labute approximate surface area is 119 Å². The van der Waals surface area contributed by atoms with E-state index < -0.39 is 10.0 Å². The first-order valence-electron chi connectivity index (χ1n) is 6.66. The van der Waals surface area contributed by atoms with Crippen LogP contribution in [0, 0.1) is 0 Å². The zero-order valence-electron chi connectivity index (χ0n) is 11.5. The highest BCUT2D eigenvalue weighted by Gasteiger charge is 2.09. The van der Waals surface area contributed by atoms with E-state index in [4.69, 9.17) is 0 Å². The summed E-state index contributed by atoms with van der Waals surface area (Å²) < 4.78 is 28.1. The molecule has 1 heterocycles. The Balaban J connectivity index is 2.06. The molecule has 0 aliphatic rings. The Morgan fingerprint density at radius 3 is 2.85 bits per heavy atom. The number of anilines is 1. The summed E-state index contributed by atoms with van der Waals surface area (Å²) in [7, 11) is -3.25. The van der Waals surface area contributed by atoms with Crippen molar-refractivity contribution in [1.82, 2.24) is 9.78 Å². The van der Waals surface area contributed by atoms with Gasteiger partial charge in [0.15, 0.2) is 0 Å². The lowest BCUT2D eigenvalue weighted by Crippen LogP contribution is -2.16. The molecule has 0 aliphatic carbocycles.